The molecule has 0 amide bonds. The summed E-state index contributed by atoms with van der Waals surface area (Å²) in [4.78, 5) is 0. The quantitative estimate of drug-likeness (QED) is 0.840. The molecule has 2 unspecified atom stereocenters. The minimum atomic E-state index is 0.0282. The van der Waals surface area contributed by atoms with E-state index >= 15 is 0 Å². The molecule has 0 radical (unpaired) electrons. The third kappa shape index (κ3) is 1.88. The Morgan fingerprint density at radius 2 is 1.72 bits per heavy atom. The van der Waals surface area contributed by atoms with Gasteiger partial charge in [0.1, 0.15) is 0 Å². The molecular formula is C16H24N2. The van der Waals surface area contributed by atoms with Gasteiger partial charge in [-0.25, -0.2) is 0 Å². The highest BCUT2D eigenvalue weighted by Crippen LogP contribution is 2.60. The monoisotopic (exact) mass is 244 g/mol. The highest BCUT2D eigenvalue weighted by molar-refractivity contribution is 5.35. The summed E-state index contributed by atoms with van der Waals surface area (Å²) < 4.78 is 0. The van der Waals surface area contributed by atoms with Crippen LogP contribution in [0.15, 0.2) is 30.3 Å². The zero-order valence-corrected chi connectivity index (χ0v) is 11.2. The zero-order chi connectivity index (χ0) is 12.8. The molecule has 2 heteroatoms. The van der Waals surface area contributed by atoms with Crippen LogP contribution in [0.1, 0.15) is 44.6 Å². The van der Waals surface area contributed by atoms with Gasteiger partial charge in [0, 0.05) is 11.6 Å². The van der Waals surface area contributed by atoms with Crippen LogP contribution in [0.5, 0.6) is 0 Å². The summed E-state index contributed by atoms with van der Waals surface area (Å²) >= 11 is 0. The first-order valence-electron chi connectivity index (χ1n) is 7.15. The fourth-order valence-corrected chi connectivity index (χ4v) is 3.87. The second-order valence-corrected chi connectivity index (χ2v) is 6.61. The van der Waals surface area contributed by atoms with E-state index in [2.05, 4.69) is 37.3 Å². The van der Waals surface area contributed by atoms with Crippen LogP contribution in [0.3, 0.4) is 0 Å². The SMILES string of the molecule is CC1(c2ccccc2)CC1C1(N)CCC(N)CC1. The van der Waals surface area contributed by atoms with E-state index in [1.54, 1.807) is 0 Å². The maximum Gasteiger partial charge on any atom is 0.0192 e. The lowest BCUT2D eigenvalue weighted by Crippen LogP contribution is -2.49. The molecule has 1 aromatic rings. The highest BCUT2D eigenvalue weighted by atomic mass is 14.8. The lowest BCUT2D eigenvalue weighted by atomic mass is 9.74. The van der Waals surface area contributed by atoms with Crippen molar-refractivity contribution in [2.75, 3.05) is 0 Å². The minimum Gasteiger partial charge on any atom is -0.328 e. The highest BCUT2D eigenvalue weighted by Gasteiger charge is 2.59. The summed E-state index contributed by atoms with van der Waals surface area (Å²) in [5.41, 5.74) is 14.5. The molecule has 0 heterocycles. The zero-order valence-electron chi connectivity index (χ0n) is 11.2. The molecule has 0 bridgehead atoms. The Hall–Kier alpha value is -0.860. The Morgan fingerprint density at radius 1 is 1.11 bits per heavy atom. The van der Waals surface area contributed by atoms with E-state index in [1.807, 2.05) is 0 Å². The second kappa shape index (κ2) is 4.07. The predicted octanol–water partition coefficient (Wildman–Crippen LogP) is 2.56. The molecule has 2 aliphatic rings. The first-order chi connectivity index (χ1) is 8.55. The number of hydrogen-bond acceptors (Lipinski definition) is 2. The number of hydrogen-bond donors (Lipinski definition) is 2. The normalized spacial score (nSPS) is 43.7. The van der Waals surface area contributed by atoms with Crippen LogP contribution in [0, 0.1) is 5.92 Å². The van der Waals surface area contributed by atoms with Crippen LogP contribution in [0.2, 0.25) is 0 Å². The Labute approximate surface area is 110 Å². The standard InChI is InChI=1S/C16H24N2/c1-15(12-5-3-2-4-6-12)11-14(15)16(18)9-7-13(17)8-10-16/h2-6,13-14H,7-11,17-18H2,1H3. The first kappa shape index (κ1) is 12.2. The lowest BCUT2D eigenvalue weighted by Gasteiger charge is -2.38. The van der Waals surface area contributed by atoms with Crippen LogP contribution < -0.4 is 11.5 Å². The molecule has 18 heavy (non-hydrogen) atoms. The van der Waals surface area contributed by atoms with Crippen molar-refractivity contribution in [2.45, 2.75) is 56.0 Å². The van der Waals surface area contributed by atoms with Crippen LogP contribution in [-0.2, 0) is 5.41 Å². The largest absolute Gasteiger partial charge is 0.328 e. The molecule has 2 nitrogen and oxygen atoms in total. The molecule has 3 rings (SSSR count). The summed E-state index contributed by atoms with van der Waals surface area (Å²) in [6, 6.07) is 11.2. The Balaban J connectivity index is 1.77. The van der Waals surface area contributed by atoms with Gasteiger partial charge < -0.3 is 11.5 Å². The van der Waals surface area contributed by atoms with Gasteiger partial charge in [-0.05, 0) is 49.0 Å². The molecule has 0 saturated heterocycles. The molecule has 1 aromatic carbocycles. The van der Waals surface area contributed by atoms with Crippen molar-refractivity contribution in [1.29, 1.82) is 0 Å². The molecule has 2 aliphatic carbocycles. The van der Waals surface area contributed by atoms with Crippen LogP contribution in [0.4, 0.5) is 0 Å². The molecule has 2 saturated carbocycles. The maximum absolute atomic E-state index is 6.68. The van der Waals surface area contributed by atoms with Crippen molar-refractivity contribution in [3.63, 3.8) is 0 Å². The average Bonchev–Trinajstić information content (AvgIpc) is 3.09. The molecule has 0 aliphatic heterocycles. The summed E-state index contributed by atoms with van der Waals surface area (Å²) in [6.45, 7) is 2.37. The molecule has 98 valence electrons. The molecule has 2 fully saturated rings. The van der Waals surface area contributed by atoms with Crippen LogP contribution >= 0.6 is 0 Å². The van der Waals surface area contributed by atoms with Gasteiger partial charge in [-0.1, -0.05) is 37.3 Å². The van der Waals surface area contributed by atoms with Gasteiger partial charge in [0.05, 0.1) is 0 Å². The molecular weight excluding hydrogens is 220 g/mol. The maximum atomic E-state index is 6.68. The summed E-state index contributed by atoms with van der Waals surface area (Å²) in [5.74, 6) is 0.639. The fourth-order valence-electron chi connectivity index (χ4n) is 3.87. The number of nitrogens with two attached hydrogens (primary N) is 2. The topological polar surface area (TPSA) is 52.0 Å². The van der Waals surface area contributed by atoms with Crippen molar-refractivity contribution >= 4 is 0 Å². The van der Waals surface area contributed by atoms with E-state index in [4.69, 9.17) is 11.5 Å². The van der Waals surface area contributed by atoms with E-state index in [0.717, 1.165) is 25.7 Å². The predicted molar refractivity (Wildman–Crippen MR) is 75.3 cm³/mol. The number of benzene rings is 1. The van der Waals surface area contributed by atoms with Crippen molar-refractivity contribution in [1.82, 2.24) is 0 Å². The smallest absolute Gasteiger partial charge is 0.0192 e. The second-order valence-electron chi connectivity index (χ2n) is 6.61. The van der Waals surface area contributed by atoms with Crippen LogP contribution in [-0.4, -0.2) is 11.6 Å². The van der Waals surface area contributed by atoms with Crippen molar-refractivity contribution in [3.8, 4) is 0 Å². The van der Waals surface area contributed by atoms with Crippen molar-refractivity contribution in [3.05, 3.63) is 35.9 Å². The number of rotatable bonds is 2. The van der Waals surface area contributed by atoms with E-state index in [0.29, 0.717) is 17.4 Å². The third-order valence-electron chi connectivity index (χ3n) is 5.33. The molecule has 0 aromatic heterocycles. The summed E-state index contributed by atoms with van der Waals surface area (Å²) in [5, 5.41) is 0. The molecule has 2 atom stereocenters. The van der Waals surface area contributed by atoms with Gasteiger partial charge in [-0.15, -0.1) is 0 Å². The Morgan fingerprint density at radius 3 is 2.33 bits per heavy atom. The van der Waals surface area contributed by atoms with E-state index < -0.39 is 0 Å². The van der Waals surface area contributed by atoms with Crippen molar-refractivity contribution in [2.24, 2.45) is 17.4 Å². The van der Waals surface area contributed by atoms with Gasteiger partial charge in [-0.2, -0.15) is 0 Å². The van der Waals surface area contributed by atoms with Gasteiger partial charge in [0.15, 0.2) is 0 Å². The molecule has 0 spiro atoms. The third-order valence-corrected chi connectivity index (χ3v) is 5.33. The lowest BCUT2D eigenvalue weighted by molar-refractivity contribution is 0.229. The van der Waals surface area contributed by atoms with Gasteiger partial charge in [0.25, 0.3) is 0 Å². The van der Waals surface area contributed by atoms with Crippen LogP contribution in [0.25, 0.3) is 0 Å². The average molecular weight is 244 g/mol. The van der Waals surface area contributed by atoms with E-state index in [9.17, 15) is 0 Å². The Bertz CT molecular complexity index is 420. The van der Waals surface area contributed by atoms with E-state index in [1.165, 1.54) is 12.0 Å². The summed E-state index contributed by atoms with van der Waals surface area (Å²) in [7, 11) is 0. The van der Waals surface area contributed by atoms with Gasteiger partial charge in [-0.3, -0.25) is 0 Å². The minimum absolute atomic E-state index is 0.0282. The fraction of sp³-hybridized carbons (Fsp3) is 0.625. The van der Waals surface area contributed by atoms with Crippen molar-refractivity contribution < 1.29 is 0 Å². The molecule has 4 N–H and O–H groups in total. The van der Waals surface area contributed by atoms with Gasteiger partial charge in [0.2, 0.25) is 0 Å². The summed E-state index contributed by atoms with van der Waals surface area (Å²) in [6.07, 6.45) is 5.63. The van der Waals surface area contributed by atoms with Gasteiger partial charge >= 0.3 is 0 Å². The first-order valence-corrected chi connectivity index (χ1v) is 7.15. The van der Waals surface area contributed by atoms with E-state index in [-0.39, 0.29) is 5.54 Å². The Kier molecular flexibility index (Phi) is 2.76.